The molecule has 0 spiro atoms. The predicted octanol–water partition coefficient (Wildman–Crippen LogP) is 1.47. The molecule has 1 aromatic carbocycles. The number of nitrogen functional groups attached to an aromatic ring is 1. The van der Waals surface area contributed by atoms with E-state index in [0.29, 0.717) is 25.3 Å². The average Bonchev–Trinajstić information content (AvgIpc) is 2.46. The van der Waals surface area contributed by atoms with Crippen molar-refractivity contribution in [3.05, 3.63) is 18.2 Å². The number of methoxy groups -OCH3 is 1. The number of hydrogen-bond acceptors (Lipinski definition) is 5. The van der Waals surface area contributed by atoms with E-state index in [0.717, 1.165) is 0 Å². The maximum atomic E-state index is 12.9. The minimum Gasteiger partial charge on any atom is -0.495 e. The number of nitrogens with zero attached hydrogens (tertiary/aromatic N) is 1. The molecule has 0 saturated carbocycles. The number of hydrogen-bond donors (Lipinski definition) is 1. The van der Waals surface area contributed by atoms with E-state index in [2.05, 4.69) is 0 Å². The third kappa shape index (κ3) is 3.14. The molecule has 2 rings (SSSR count). The minimum absolute atomic E-state index is 0.123. The van der Waals surface area contributed by atoms with Crippen LogP contribution in [0.2, 0.25) is 0 Å². The van der Waals surface area contributed by atoms with E-state index in [-0.39, 0.29) is 22.8 Å². The molecule has 1 saturated heterocycles. The Morgan fingerprint density at radius 2 is 2.19 bits per heavy atom. The summed E-state index contributed by atoms with van der Waals surface area (Å²) in [6.07, 6.45) is 0.575. The molecule has 21 heavy (non-hydrogen) atoms. The molecular weight excluding hydrogens is 292 g/mol. The largest absolute Gasteiger partial charge is 0.495 e. The summed E-state index contributed by atoms with van der Waals surface area (Å²) in [6.45, 7) is 4.57. The second-order valence-electron chi connectivity index (χ2n) is 5.19. The second kappa shape index (κ2) is 6.21. The van der Waals surface area contributed by atoms with Crippen LogP contribution >= 0.6 is 0 Å². The molecule has 7 heteroatoms. The number of sulfonamides is 1. The van der Waals surface area contributed by atoms with E-state index < -0.39 is 10.0 Å². The SMILES string of the molecule is CCC1COC(C)CN1S(=O)(=O)c1ccc(N)cc1OC. The fourth-order valence-corrected chi connectivity index (χ4v) is 4.35. The van der Waals surface area contributed by atoms with E-state index in [4.69, 9.17) is 15.2 Å². The third-order valence-corrected chi connectivity index (χ3v) is 5.62. The summed E-state index contributed by atoms with van der Waals surface area (Å²) in [7, 11) is -2.21. The first-order chi connectivity index (χ1) is 9.90. The van der Waals surface area contributed by atoms with Crippen molar-refractivity contribution < 1.29 is 17.9 Å². The van der Waals surface area contributed by atoms with Crippen molar-refractivity contribution in [2.24, 2.45) is 0 Å². The van der Waals surface area contributed by atoms with Gasteiger partial charge in [0.25, 0.3) is 0 Å². The molecule has 0 bridgehead atoms. The molecule has 0 radical (unpaired) electrons. The zero-order valence-corrected chi connectivity index (χ0v) is 13.4. The number of nitrogens with two attached hydrogens (primary N) is 1. The number of rotatable bonds is 4. The highest BCUT2D eigenvalue weighted by Crippen LogP contribution is 2.31. The number of benzene rings is 1. The molecule has 118 valence electrons. The molecule has 1 heterocycles. The Labute approximate surface area is 125 Å². The maximum Gasteiger partial charge on any atom is 0.247 e. The first kappa shape index (κ1) is 16.1. The van der Waals surface area contributed by atoms with E-state index in [1.54, 1.807) is 6.07 Å². The van der Waals surface area contributed by atoms with Crippen LogP contribution in [-0.2, 0) is 14.8 Å². The monoisotopic (exact) mass is 314 g/mol. The van der Waals surface area contributed by atoms with Crippen LogP contribution < -0.4 is 10.5 Å². The van der Waals surface area contributed by atoms with E-state index in [1.165, 1.54) is 23.5 Å². The highest BCUT2D eigenvalue weighted by molar-refractivity contribution is 7.89. The topological polar surface area (TPSA) is 81.9 Å². The summed E-state index contributed by atoms with van der Waals surface area (Å²) >= 11 is 0. The van der Waals surface area contributed by atoms with Crippen LogP contribution in [0.3, 0.4) is 0 Å². The van der Waals surface area contributed by atoms with Gasteiger partial charge in [-0.05, 0) is 25.5 Å². The lowest BCUT2D eigenvalue weighted by atomic mass is 10.2. The Kier molecular flexibility index (Phi) is 4.75. The lowest BCUT2D eigenvalue weighted by Crippen LogP contribution is -2.51. The Hall–Kier alpha value is -1.31. The van der Waals surface area contributed by atoms with Gasteiger partial charge in [-0.15, -0.1) is 0 Å². The Morgan fingerprint density at radius 1 is 1.48 bits per heavy atom. The summed E-state index contributed by atoms with van der Waals surface area (Å²) < 4.78 is 38.1. The van der Waals surface area contributed by atoms with Gasteiger partial charge in [0.05, 0.1) is 19.8 Å². The smallest absolute Gasteiger partial charge is 0.247 e. The Bertz CT molecular complexity index is 603. The molecule has 2 atom stereocenters. The summed E-state index contributed by atoms with van der Waals surface area (Å²) in [5.74, 6) is 0.268. The fourth-order valence-electron chi connectivity index (χ4n) is 2.45. The van der Waals surface area contributed by atoms with Crippen LogP contribution in [-0.4, -0.2) is 45.1 Å². The third-order valence-electron chi connectivity index (χ3n) is 3.66. The standard InChI is InChI=1S/C14H22N2O4S/c1-4-12-9-20-10(2)8-16(12)21(17,18)14-6-5-11(15)7-13(14)19-3/h5-7,10,12H,4,8-9,15H2,1-3H3. The van der Waals surface area contributed by atoms with Crippen LogP contribution in [0.4, 0.5) is 5.69 Å². The molecule has 1 aliphatic heterocycles. The second-order valence-corrected chi connectivity index (χ2v) is 7.05. The normalized spacial score (nSPS) is 24.0. The Balaban J connectivity index is 2.45. The van der Waals surface area contributed by atoms with Gasteiger partial charge in [0.15, 0.2) is 0 Å². The van der Waals surface area contributed by atoms with Crippen molar-refractivity contribution in [2.45, 2.75) is 37.3 Å². The van der Waals surface area contributed by atoms with Crippen molar-refractivity contribution in [3.63, 3.8) is 0 Å². The van der Waals surface area contributed by atoms with Gasteiger partial charge >= 0.3 is 0 Å². The number of ether oxygens (including phenoxy) is 2. The summed E-state index contributed by atoms with van der Waals surface area (Å²) in [5, 5.41) is 0. The fraction of sp³-hybridized carbons (Fsp3) is 0.571. The molecule has 0 aromatic heterocycles. The van der Waals surface area contributed by atoms with Gasteiger partial charge in [-0.2, -0.15) is 4.31 Å². The van der Waals surface area contributed by atoms with Gasteiger partial charge in [-0.3, -0.25) is 0 Å². The van der Waals surface area contributed by atoms with E-state index >= 15 is 0 Å². The molecule has 2 unspecified atom stereocenters. The lowest BCUT2D eigenvalue weighted by Gasteiger charge is -2.37. The van der Waals surface area contributed by atoms with Crippen molar-refractivity contribution in [1.29, 1.82) is 0 Å². The van der Waals surface area contributed by atoms with Gasteiger partial charge in [0, 0.05) is 24.3 Å². The molecule has 1 aliphatic rings. The quantitative estimate of drug-likeness (QED) is 0.851. The van der Waals surface area contributed by atoms with Gasteiger partial charge in [-0.1, -0.05) is 6.92 Å². The molecular formula is C14H22N2O4S. The molecule has 0 aliphatic carbocycles. The zero-order chi connectivity index (χ0) is 15.6. The van der Waals surface area contributed by atoms with E-state index in [1.807, 2.05) is 13.8 Å². The minimum atomic E-state index is -3.64. The van der Waals surface area contributed by atoms with Gasteiger partial charge in [-0.25, -0.2) is 8.42 Å². The van der Waals surface area contributed by atoms with E-state index in [9.17, 15) is 8.42 Å². The van der Waals surface area contributed by atoms with Crippen molar-refractivity contribution in [3.8, 4) is 5.75 Å². The molecule has 0 amide bonds. The summed E-state index contributed by atoms with van der Waals surface area (Å²) in [6, 6.07) is 4.43. The lowest BCUT2D eigenvalue weighted by molar-refractivity contribution is -0.0230. The van der Waals surface area contributed by atoms with Gasteiger partial charge in [0.2, 0.25) is 10.0 Å². The highest BCUT2D eigenvalue weighted by atomic mass is 32.2. The molecule has 6 nitrogen and oxygen atoms in total. The highest BCUT2D eigenvalue weighted by Gasteiger charge is 2.37. The van der Waals surface area contributed by atoms with Crippen LogP contribution in [0.15, 0.2) is 23.1 Å². The van der Waals surface area contributed by atoms with Crippen LogP contribution in [0.1, 0.15) is 20.3 Å². The van der Waals surface area contributed by atoms with Crippen molar-refractivity contribution >= 4 is 15.7 Å². The molecule has 2 N–H and O–H groups in total. The van der Waals surface area contributed by atoms with Crippen molar-refractivity contribution in [1.82, 2.24) is 4.31 Å². The van der Waals surface area contributed by atoms with Crippen LogP contribution in [0.25, 0.3) is 0 Å². The van der Waals surface area contributed by atoms with Gasteiger partial charge < -0.3 is 15.2 Å². The summed E-state index contributed by atoms with van der Waals surface area (Å²) in [5.41, 5.74) is 6.16. The predicted molar refractivity (Wildman–Crippen MR) is 80.8 cm³/mol. The number of morpholine rings is 1. The van der Waals surface area contributed by atoms with Crippen LogP contribution in [0, 0.1) is 0 Å². The van der Waals surface area contributed by atoms with Crippen LogP contribution in [0.5, 0.6) is 5.75 Å². The molecule has 1 aromatic rings. The summed E-state index contributed by atoms with van der Waals surface area (Å²) in [4.78, 5) is 0.145. The van der Waals surface area contributed by atoms with Crippen molar-refractivity contribution in [2.75, 3.05) is 26.0 Å². The average molecular weight is 314 g/mol. The molecule has 1 fully saturated rings. The first-order valence-corrected chi connectivity index (χ1v) is 8.41. The maximum absolute atomic E-state index is 12.9. The zero-order valence-electron chi connectivity index (χ0n) is 12.6. The Morgan fingerprint density at radius 3 is 2.81 bits per heavy atom. The first-order valence-electron chi connectivity index (χ1n) is 6.97. The van der Waals surface area contributed by atoms with Gasteiger partial charge in [0.1, 0.15) is 10.6 Å². The number of anilines is 1.